The van der Waals surface area contributed by atoms with Crippen molar-refractivity contribution in [1.82, 2.24) is 0 Å². The largest absolute Gasteiger partial charge is 0.326 e. The molecule has 3 rings (SSSR count). The van der Waals surface area contributed by atoms with Crippen LogP contribution < -0.4 is 10.6 Å². The van der Waals surface area contributed by atoms with Crippen molar-refractivity contribution < 1.29 is 9.59 Å². The van der Waals surface area contributed by atoms with Gasteiger partial charge in [-0.05, 0) is 42.7 Å². The molecule has 0 aliphatic carbocycles. The van der Waals surface area contributed by atoms with E-state index in [0.717, 1.165) is 28.1 Å². The highest BCUT2D eigenvalue weighted by Crippen LogP contribution is 2.34. The number of fused-ring (bicyclic) bond motifs is 1. The Morgan fingerprint density at radius 1 is 1.14 bits per heavy atom. The van der Waals surface area contributed by atoms with Crippen molar-refractivity contribution in [2.24, 2.45) is 0 Å². The molecule has 0 fully saturated rings. The maximum Gasteiger partial charge on any atom is 0.232 e. The normalized spacial score (nSPS) is 16.1. The molecule has 0 spiro atoms. The molecular weight excluding hydrogens is 276 g/mol. The van der Waals surface area contributed by atoms with E-state index in [0.29, 0.717) is 0 Å². The Hall–Kier alpha value is -2.62. The van der Waals surface area contributed by atoms with Crippen LogP contribution in [0.2, 0.25) is 0 Å². The van der Waals surface area contributed by atoms with E-state index in [1.165, 1.54) is 0 Å². The number of aryl methyl sites for hydroxylation is 1. The topological polar surface area (TPSA) is 58.2 Å². The molecule has 1 heterocycles. The summed E-state index contributed by atoms with van der Waals surface area (Å²) >= 11 is 0. The van der Waals surface area contributed by atoms with Gasteiger partial charge in [-0.25, -0.2) is 0 Å². The van der Waals surface area contributed by atoms with Gasteiger partial charge >= 0.3 is 0 Å². The third-order valence-corrected chi connectivity index (χ3v) is 4.18. The van der Waals surface area contributed by atoms with Crippen LogP contribution in [0.3, 0.4) is 0 Å². The number of carbonyl (C=O) groups excluding carboxylic acids is 2. The van der Waals surface area contributed by atoms with Crippen molar-refractivity contribution in [3.05, 3.63) is 59.2 Å². The molecule has 2 aromatic rings. The number of para-hydroxylation sites is 1. The zero-order chi connectivity index (χ0) is 15.7. The van der Waals surface area contributed by atoms with Gasteiger partial charge in [0, 0.05) is 17.8 Å². The molecule has 0 saturated heterocycles. The van der Waals surface area contributed by atoms with Gasteiger partial charge in [0.05, 0.1) is 5.92 Å². The second-order valence-corrected chi connectivity index (χ2v) is 5.63. The predicted octanol–water partition coefficient (Wildman–Crippen LogP) is 3.37. The van der Waals surface area contributed by atoms with Gasteiger partial charge in [0.2, 0.25) is 11.8 Å². The number of carbonyl (C=O) groups is 2. The number of nitrogens with one attached hydrogen (secondary N) is 2. The Bertz CT molecular complexity index is 753. The molecule has 0 radical (unpaired) electrons. The van der Waals surface area contributed by atoms with Gasteiger partial charge in [0.1, 0.15) is 0 Å². The molecule has 2 aromatic carbocycles. The molecule has 1 aliphatic rings. The Balaban J connectivity index is 1.75. The van der Waals surface area contributed by atoms with E-state index in [9.17, 15) is 9.59 Å². The summed E-state index contributed by atoms with van der Waals surface area (Å²) in [4.78, 5) is 24.3. The summed E-state index contributed by atoms with van der Waals surface area (Å²) in [5, 5.41) is 5.73. The van der Waals surface area contributed by atoms with Crippen LogP contribution in [0.25, 0.3) is 0 Å². The molecule has 112 valence electrons. The van der Waals surface area contributed by atoms with E-state index in [4.69, 9.17) is 0 Å². The van der Waals surface area contributed by atoms with E-state index < -0.39 is 5.92 Å². The molecule has 4 heteroatoms. The van der Waals surface area contributed by atoms with Crippen molar-refractivity contribution in [3.63, 3.8) is 0 Å². The zero-order valence-electron chi connectivity index (χ0n) is 12.6. The molecule has 0 aromatic heterocycles. The van der Waals surface area contributed by atoms with Gasteiger partial charge in [-0.1, -0.05) is 30.3 Å². The van der Waals surface area contributed by atoms with Gasteiger partial charge in [-0.3, -0.25) is 9.59 Å². The summed E-state index contributed by atoms with van der Waals surface area (Å²) in [7, 11) is 0. The van der Waals surface area contributed by atoms with Gasteiger partial charge in [0.15, 0.2) is 0 Å². The first-order valence-electron chi connectivity index (χ1n) is 7.32. The van der Waals surface area contributed by atoms with Crippen molar-refractivity contribution in [2.75, 3.05) is 10.6 Å². The summed E-state index contributed by atoms with van der Waals surface area (Å²) in [6.07, 6.45) is 0.149. The first-order chi connectivity index (χ1) is 10.6. The Labute approximate surface area is 129 Å². The van der Waals surface area contributed by atoms with E-state index in [1.54, 1.807) is 0 Å². The maximum absolute atomic E-state index is 12.3. The minimum absolute atomic E-state index is 0.114. The number of benzene rings is 2. The average molecular weight is 294 g/mol. The highest BCUT2D eigenvalue weighted by atomic mass is 16.2. The lowest BCUT2D eigenvalue weighted by atomic mass is 9.97. The van der Waals surface area contributed by atoms with E-state index in [2.05, 4.69) is 10.6 Å². The van der Waals surface area contributed by atoms with Crippen LogP contribution in [0.1, 0.15) is 29.0 Å². The van der Waals surface area contributed by atoms with Crippen LogP contribution in [-0.2, 0) is 9.59 Å². The number of amides is 2. The van der Waals surface area contributed by atoms with E-state index in [1.807, 2.05) is 56.3 Å². The number of anilines is 2. The van der Waals surface area contributed by atoms with Crippen molar-refractivity contribution in [3.8, 4) is 0 Å². The second-order valence-electron chi connectivity index (χ2n) is 5.63. The van der Waals surface area contributed by atoms with Crippen LogP contribution in [0.4, 0.5) is 11.4 Å². The van der Waals surface area contributed by atoms with Crippen LogP contribution in [0, 0.1) is 13.8 Å². The molecule has 2 amide bonds. The fraction of sp³-hybridized carbons (Fsp3) is 0.222. The molecule has 1 aliphatic heterocycles. The predicted molar refractivity (Wildman–Crippen MR) is 87.0 cm³/mol. The third-order valence-electron chi connectivity index (χ3n) is 4.18. The monoisotopic (exact) mass is 294 g/mol. The van der Waals surface area contributed by atoms with Gasteiger partial charge in [-0.15, -0.1) is 0 Å². The molecule has 4 nitrogen and oxygen atoms in total. The fourth-order valence-electron chi connectivity index (χ4n) is 2.75. The first-order valence-corrected chi connectivity index (χ1v) is 7.32. The second kappa shape index (κ2) is 5.64. The first kappa shape index (κ1) is 14.3. The molecule has 1 unspecified atom stereocenters. The standard InChI is InChI=1S/C18H18N2O2/c1-11-6-5-9-15(12(11)2)19-17(21)10-14-13-7-3-4-8-16(13)20-18(14)22/h3-9,14H,10H2,1-2H3,(H,19,21)(H,20,22). The molecule has 0 bridgehead atoms. The number of hydrogen-bond donors (Lipinski definition) is 2. The van der Waals surface area contributed by atoms with E-state index >= 15 is 0 Å². The van der Waals surface area contributed by atoms with Crippen molar-refractivity contribution >= 4 is 23.2 Å². The molecule has 0 saturated carbocycles. The molecule has 22 heavy (non-hydrogen) atoms. The van der Waals surface area contributed by atoms with Gasteiger partial charge in [0.25, 0.3) is 0 Å². The maximum atomic E-state index is 12.3. The number of hydrogen-bond acceptors (Lipinski definition) is 2. The lowest BCUT2D eigenvalue weighted by molar-refractivity contribution is -0.122. The number of rotatable bonds is 3. The van der Waals surface area contributed by atoms with Gasteiger partial charge in [-0.2, -0.15) is 0 Å². The van der Waals surface area contributed by atoms with Gasteiger partial charge < -0.3 is 10.6 Å². The SMILES string of the molecule is Cc1cccc(NC(=O)CC2C(=O)Nc3ccccc32)c1C. The van der Waals surface area contributed by atoms with Crippen LogP contribution in [-0.4, -0.2) is 11.8 Å². The lowest BCUT2D eigenvalue weighted by Crippen LogP contribution is -2.20. The Morgan fingerprint density at radius 3 is 2.73 bits per heavy atom. The lowest BCUT2D eigenvalue weighted by Gasteiger charge is -2.12. The summed E-state index contributed by atoms with van der Waals surface area (Å²) in [6.45, 7) is 3.98. The Morgan fingerprint density at radius 2 is 1.91 bits per heavy atom. The van der Waals surface area contributed by atoms with Crippen LogP contribution in [0.15, 0.2) is 42.5 Å². The molecular formula is C18H18N2O2. The summed E-state index contributed by atoms with van der Waals surface area (Å²) in [5.74, 6) is -0.677. The molecule has 2 N–H and O–H groups in total. The highest BCUT2D eigenvalue weighted by Gasteiger charge is 2.31. The van der Waals surface area contributed by atoms with E-state index in [-0.39, 0.29) is 18.2 Å². The highest BCUT2D eigenvalue weighted by molar-refractivity contribution is 6.06. The van der Waals surface area contributed by atoms with Crippen LogP contribution >= 0.6 is 0 Å². The summed E-state index contributed by atoms with van der Waals surface area (Å²) in [5.41, 5.74) is 4.67. The summed E-state index contributed by atoms with van der Waals surface area (Å²) < 4.78 is 0. The molecule has 1 atom stereocenters. The van der Waals surface area contributed by atoms with Crippen molar-refractivity contribution in [2.45, 2.75) is 26.2 Å². The minimum atomic E-state index is -0.415. The smallest absolute Gasteiger partial charge is 0.232 e. The zero-order valence-corrected chi connectivity index (χ0v) is 12.6. The fourth-order valence-corrected chi connectivity index (χ4v) is 2.75. The van der Waals surface area contributed by atoms with Crippen LogP contribution in [0.5, 0.6) is 0 Å². The quantitative estimate of drug-likeness (QED) is 0.912. The van der Waals surface area contributed by atoms with Crippen molar-refractivity contribution in [1.29, 1.82) is 0 Å². The average Bonchev–Trinajstić information content (AvgIpc) is 2.80. The summed E-state index contributed by atoms with van der Waals surface area (Å²) in [6, 6.07) is 13.3. The Kier molecular flexibility index (Phi) is 3.67. The third kappa shape index (κ3) is 2.60. The minimum Gasteiger partial charge on any atom is -0.326 e.